The fourth-order valence-electron chi connectivity index (χ4n) is 4.57. The second-order valence-electron chi connectivity index (χ2n) is 8.75. The van der Waals surface area contributed by atoms with Crippen molar-refractivity contribution < 1.29 is 15.0 Å². The lowest BCUT2D eigenvalue weighted by atomic mass is 9.84. The number of rotatable bonds is 7. The zero-order chi connectivity index (χ0) is 21.5. The molecule has 3 rings (SSSR count). The van der Waals surface area contributed by atoms with Gasteiger partial charge in [0.1, 0.15) is 11.6 Å². The molecule has 7 nitrogen and oxygen atoms in total. The molecule has 2 fully saturated rings. The van der Waals surface area contributed by atoms with E-state index in [-0.39, 0.29) is 30.7 Å². The normalized spacial score (nSPS) is 22.7. The highest BCUT2D eigenvalue weighted by Gasteiger charge is 2.25. The molecule has 1 saturated heterocycles. The molecule has 0 spiro atoms. The predicted octanol–water partition coefficient (Wildman–Crippen LogP) is 2.09. The van der Waals surface area contributed by atoms with Gasteiger partial charge in [0.05, 0.1) is 12.2 Å². The summed E-state index contributed by atoms with van der Waals surface area (Å²) in [5.74, 6) is 1.28. The van der Waals surface area contributed by atoms with Crippen LogP contribution in [0.3, 0.4) is 0 Å². The minimum atomic E-state index is -0.0832. The third kappa shape index (κ3) is 6.19. The number of carbonyl (C=O) groups excluding carboxylic acids is 1. The lowest BCUT2D eigenvalue weighted by Gasteiger charge is -2.37. The first kappa shape index (κ1) is 22.6. The summed E-state index contributed by atoms with van der Waals surface area (Å²) in [7, 11) is 0. The van der Waals surface area contributed by atoms with E-state index in [9.17, 15) is 9.90 Å². The average Bonchev–Trinajstić information content (AvgIpc) is 2.73. The standard InChI is InChI=1S/C23H36N4O3/c1-17-2-7-20(21(29)16-17)23(24)27-13-11-26(12-14-27)10-8-18-3-5-19(6-4-18)25-22(30)9-15-28/h2,7,16,18-19,24,28-29H,3-6,8-15H2,1H3,(H,25,30)/t18-,19-. The van der Waals surface area contributed by atoms with E-state index < -0.39 is 0 Å². The van der Waals surface area contributed by atoms with Gasteiger partial charge in [0.2, 0.25) is 5.91 Å². The number of phenolic OH excluding ortho intramolecular Hbond substituents is 1. The van der Waals surface area contributed by atoms with Gasteiger partial charge in [-0.3, -0.25) is 15.1 Å². The van der Waals surface area contributed by atoms with Crippen LogP contribution in [0, 0.1) is 18.3 Å². The largest absolute Gasteiger partial charge is 0.507 e. The number of aromatic hydroxyl groups is 1. The number of nitrogens with zero attached hydrogens (tertiary/aromatic N) is 2. The number of phenols is 1. The van der Waals surface area contributed by atoms with Crippen molar-refractivity contribution in [2.45, 2.75) is 51.5 Å². The Bertz CT molecular complexity index is 723. The third-order valence-corrected chi connectivity index (χ3v) is 6.50. The van der Waals surface area contributed by atoms with Crippen molar-refractivity contribution in [2.75, 3.05) is 39.3 Å². The monoisotopic (exact) mass is 416 g/mol. The number of hydrogen-bond donors (Lipinski definition) is 4. The number of aliphatic hydroxyl groups is 1. The molecule has 1 amide bonds. The van der Waals surface area contributed by atoms with Gasteiger partial charge in [0.15, 0.2) is 0 Å². The molecule has 30 heavy (non-hydrogen) atoms. The lowest BCUT2D eigenvalue weighted by Crippen LogP contribution is -2.49. The second kappa shape index (κ2) is 10.8. The Morgan fingerprint density at radius 3 is 2.50 bits per heavy atom. The van der Waals surface area contributed by atoms with Gasteiger partial charge >= 0.3 is 0 Å². The van der Waals surface area contributed by atoms with Crippen LogP contribution < -0.4 is 5.32 Å². The number of aliphatic hydroxyl groups excluding tert-OH is 1. The number of carbonyl (C=O) groups is 1. The molecule has 1 heterocycles. The number of amidine groups is 1. The van der Waals surface area contributed by atoms with Gasteiger partial charge < -0.3 is 20.4 Å². The molecule has 0 radical (unpaired) electrons. The Balaban J connectivity index is 1.35. The highest BCUT2D eigenvalue weighted by molar-refractivity contribution is 5.99. The topological polar surface area (TPSA) is 99.9 Å². The maximum Gasteiger partial charge on any atom is 0.222 e. The first-order valence-corrected chi connectivity index (χ1v) is 11.2. The highest BCUT2D eigenvalue weighted by atomic mass is 16.3. The summed E-state index contributed by atoms with van der Waals surface area (Å²) in [4.78, 5) is 16.1. The molecule has 166 valence electrons. The Hall–Kier alpha value is -2.12. The molecule has 0 aromatic heterocycles. The van der Waals surface area contributed by atoms with E-state index in [4.69, 9.17) is 10.5 Å². The summed E-state index contributed by atoms with van der Waals surface area (Å²) >= 11 is 0. The number of piperazine rings is 1. The average molecular weight is 417 g/mol. The second-order valence-corrected chi connectivity index (χ2v) is 8.75. The van der Waals surface area contributed by atoms with Gasteiger partial charge in [-0.05, 0) is 69.2 Å². The molecule has 0 bridgehead atoms. The summed E-state index contributed by atoms with van der Waals surface area (Å²) in [6, 6.07) is 5.76. The zero-order valence-electron chi connectivity index (χ0n) is 18.1. The first-order chi connectivity index (χ1) is 14.5. The minimum Gasteiger partial charge on any atom is -0.507 e. The van der Waals surface area contributed by atoms with Crippen molar-refractivity contribution in [3.63, 3.8) is 0 Å². The van der Waals surface area contributed by atoms with E-state index in [0.717, 1.165) is 69.9 Å². The summed E-state index contributed by atoms with van der Waals surface area (Å²) < 4.78 is 0. The van der Waals surface area contributed by atoms with Crippen molar-refractivity contribution in [2.24, 2.45) is 5.92 Å². The van der Waals surface area contributed by atoms with Gasteiger partial charge in [-0.15, -0.1) is 0 Å². The Labute approximate surface area is 179 Å². The van der Waals surface area contributed by atoms with Gasteiger partial charge in [0, 0.05) is 38.6 Å². The van der Waals surface area contributed by atoms with Crippen LogP contribution in [0.2, 0.25) is 0 Å². The van der Waals surface area contributed by atoms with E-state index in [1.807, 2.05) is 19.1 Å². The van der Waals surface area contributed by atoms with Crippen LogP contribution in [0.25, 0.3) is 0 Å². The van der Waals surface area contributed by atoms with E-state index in [1.165, 1.54) is 6.42 Å². The van der Waals surface area contributed by atoms with Gasteiger partial charge in [-0.1, -0.05) is 6.07 Å². The summed E-state index contributed by atoms with van der Waals surface area (Å²) in [5, 5.41) is 30.5. The molecule has 4 N–H and O–H groups in total. The quantitative estimate of drug-likeness (QED) is 0.403. The lowest BCUT2D eigenvalue weighted by molar-refractivity contribution is -0.122. The SMILES string of the molecule is Cc1ccc(C(=N)N2CCN(CC[C@H]3CC[C@H](NC(=O)CCO)CC3)CC2)c(O)c1. The van der Waals surface area contributed by atoms with Gasteiger partial charge in [-0.25, -0.2) is 0 Å². The summed E-state index contributed by atoms with van der Waals surface area (Å²) in [6.45, 7) is 6.46. The van der Waals surface area contributed by atoms with Gasteiger partial charge in [-0.2, -0.15) is 0 Å². The van der Waals surface area contributed by atoms with E-state index in [1.54, 1.807) is 6.07 Å². The predicted molar refractivity (Wildman–Crippen MR) is 118 cm³/mol. The molecule has 1 aliphatic heterocycles. The number of nitrogens with one attached hydrogen (secondary N) is 2. The Morgan fingerprint density at radius 1 is 1.17 bits per heavy atom. The fraction of sp³-hybridized carbons (Fsp3) is 0.652. The fourth-order valence-corrected chi connectivity index (χ4v) is 4.57. The maximum absolute atomic E-state index is 11.6. The van der Waals surface area contributed by atoms with Crippen LogP contribution >= 0.6 is 0 Å². The number of aryl methyl sites for hydroxylation is 1. The number of hydrogen-bond acceptors (Lipinski definition) is 5. The van der Waals surface area contributed by atoms with Gasteiger partial charge in [0.25, 0.3) is 0 Å². The van der Waals surface area contributed by atoms with Crippen LogP contribution in [0.1, 0.15) is 49.7 Å². The molecule has 1 saturated carbocycles. The highest BCUT2D eigenvalue weighted by Crippen LogP contribution is 2.27. The molecule has 0 unspecified atom stereocenters. The molecule has 1 aliphatic carbocycles. The molecular formula is C23H36N4O3. The minimum absolute atomic E-state index is 0.0386. The Morgan fingerprint density at radius 2 is 1.87 bits per heavy atom. The summed E-state index contributed by atoms with van der Waals surface area (Å²) in [5.41, 5.74) is 1.60. The number of benzene rings is 1. The molecule has 7 heteroatoms. The third-order valence-electron chi connectivity index (χ3n) is 6.50. The smallest absolute Gasteiger partial charge is 0.222 e. The van der Waals surface area contributed by atoms with E-state index in [2.05, 4.69) is 15.1 Å². The molecule has 0 atom stereocenters. The van der Waals surface area contributed by atoms with Crippen LogP contribution in [0.4, 0.5) is 0 Å². The zero-order valence-corrected chi connectivity index (χ0v) is 18.1. The maximum atomic E-state index is 11.6. The molecule has 2 aliphatic rings. The van der Waals surface area contributed by atoms with Crippen molar-refractivity contribution in [1.29, 1.82) is 5.41 Å². The van der Waals surface area contributed by atoms with Crippen molar-refractivity contribution >= 4 is 11.7 Å². The van der Waals surface area contributed by atoms with Crippen molar-refractivity contribution in [3.8, 4) is 5.75 Å². The van der Waals surface area contributed by atoms with Crippen LogP contribution in [0.5, 0.6) is 5.75 Å². The summed E-state index contributed by atoms with van der Waals surface area (Å²) in [6.07, 6.45) is 5.77. The van der Waals surface area contributed by atoms with Crippen LogP contribution in [-0.2, 0) is 4.79 Å². The van der Waals surface area contributed by atoms with Crippen LogP contribution in [0.15, 0.2) is 18.2 Å². The van der Waals surface area contributed by atoms with E-state index >= 15 is 0 Å². The molecular weight excluding hydrogens is 380 g/mol. The first-order valence-electron chi connectivity index (χ1n) is 11.2. The Kier molecular flexibility index (Phi) is 8.10. The van der Waals surface area contributed by atoms with Crippen molar-refractivity contribution in [1.82, 2.24) is 15.1 Å². The van der Waals surface area contributed by atoms with Crippen molar-refractivity contribution in [3.05, 3.63) is 29.3 Å². The molecule has 1 aromatic rings. The molecule has 1 aromatic carbocycles. The van der Waals surface area contributed by atoms with Crippen LogP contribution in [-0.4, -0.2) is 77.1 Å². The van der Waals surface area contributed by atoms with E-state index in [0.29, 0.717) is 11.4 Å². The number of amides is 1.